The summed E-state index contributed by atoms with van der Waals surface area (Å²) in [4.78, 5) is 26.9. The van der Waals surface area contributed by atoms with Gasteiger partial charge in [-0.2, -0.15) is 0 Å². The summed E-state index contributed by atoms with van der Waals surface area (Å²) >= 11 is 0. The van der Waals surface area contributed by atoms with Crippen LogP contribution in [-0.2, 0) is 26.0 Å². The number of hydrogen-bond donors (Lipinski definition) is 2. The largest absolute Gasteiger partial charge is 0.342 e. The molecular formula is C25H30FN3O4S. The highest BCUT2D eigenvalue weighted by Crippen LogP contribution is 2.23. The van der Waals surface area contributed by atoms with Crippen molar-refractivity contribution >= 4 is 27.5 Å². The minimum Gasteiger partial charge on any atom is -0.342 e. The molecule has 182 valence electrons. The highest BCUT2D eigenvalue weighted by atomic mass is 32.2. The highest BCUT2D eigenvalue weighted by Gasteiger charge is 2.34. The van der Waals surface area contributed by atoms with E-state index < -0.39 is 15.9 Å². The van der Waals surface area contributed by atoms with E-state index in [0.717, 1.165) is 37.7 Å². The van der Waals surface area contributed by atoms with Gasteiger partial charge in [0.1, 0.15) is 5.82 Å². The minimum atomic E-state index is -3.60. The van der Waals surface area contributed by atoms with Crippen molar-refractivity contribution in [3.05, 3.63) is 59.9 Å². The Morgan fingerprint density at radius 3 is 2.35 bits per heavy atom. The smallest absolute Gasteiger partial charge is 0.240 e. The summed E-state index contributed by atoms with van der Waals surface area (Å²) in [5.41, 5.74) is 1.41. The van der Waals surface area contributed by atoms with Crippen molar-refractivity contribution in [1.29, 1.82) is 0 Å². The van der Waals surface area contributed by atoms with E-state index in [4.69, 9.17) is 0 Å². The molecule has 2 aromatic carbocycles. The zero-order valence-electron chi connectivity index (χ0n) is 19.0. The maximum atomic E-state index is 13.0. The number of carbonyl (C=O) groups is 2. The normalized spacial score (nSPS) is 19.4. The molecule has 0 unspecified atom stereocenters. The van der Waals surface area contributed by atoms with Crippen molar-refractivity contribution in [3.63, 3.8) is 0 Å². The Morgan fingerprint density at radius 2 is 1.68 bits per heavy atom. The predicted octanol–water partition coefficient (Wildman–Crippen LogP) is 3.47. The van der Waals surface area contributed by atoms with Crippen LogP contribution in [0.25, 0.3) is 0 Å². The summed E-state index contributed by atoms with van der Waals surface area (Å²) in [6.45, 7) is 0.790. The van der Waals surface area contributed by atoms with Crippen LogP contribution in [0.3, 0.4) is 0 Å². The fourth-order valence-corrected chi connectivity index (χ4v) is 5.85. The number of sulfonamides is 1. The summed E-state index contributed by atoms with van der Waals surface area (Å²) in [6, 6.07) is 12.2. The van der Waals surface area contributed by atoms with Gasteiger partial charge in [0.05, 0.1) is 10.8 Å². The number of carbonyl (C=O) groups excluding carboxylic acids is 2. The van der Waals surface area contributed by atoms with Crippen LogP contribution >= 0.6 is 0 Å². The quantitative estimate of drug-likeness (QED) is 0.596. The fraction of sp³-hybridized carbons (Fsp3) is 0.440. The average molecular weight is 488 g/mol. The highest BCUT2D eigenvalue weighted by molar-refractivity contribution is 7.89. The van der Waals surface area contributed by atoms with Crippen LogP contribution in [0.15, 0.2) is 53.4 Å². The fourth-order valence-electron chi connectivity index (χ4n) is 4.55. The second-order valence-corrected chi connectivity index (χ2v) is 10.8. The van der Waals surface area contributed by atoms with Gasteiger partial charge in [0, 0.05) is 31.2 Å². The first-order chi connectivity index (χ1) is 16.3. The molecule has 1 heterocycles. The van der Waals surface area contributed by atoms with E-state index in [1.807, 2.05) is 0 Å². The Balaban J connectivity index is 1.29. The van der Waals surface area contributed by atoms with Gasteiger partial charge in [-0.05, 0) is 61.2 Å². The molecule has 0 bridgehead atoms. The topological polar surface area (TPSA) is 95.6 Å². The van der Waals surface area contributed by atoms with Gasteiger partial charge in [-0.25, -0.2) is 17.5 Å². The minimum absolute atomic E-state index is 0.0240. The monoisotopic (exact) mass is 487 g/mol. The molecule has 1 aliphatic heterocycles. The first-order valence-electron chi connectivity index (χ1n) is 11.8. The summed E-state index contributed by atoms with van der Waals surface area (Å²) in [6.07, 6.45) is 5.64. The molecule has 0 aromatic heterocycles. The summed E-state index contributed by atoms with van der Waals surface area (Å²) in [5.74, 6) is -1.13. The first kappa shape index (κ1) is 24.3. The van der Waals surface area contributed by atoms with Gasteiger partial charge in [-0.15, -0.1) is 0 Å². The van der Waals surface area contributed by atoms with Gasteiger partial charge < -0.3 is 10.2 Å². The molecule has 1 saturated carbocycles. The van der Waals surface area contributed by atoms with E-state index in [1.54, 1.807) is 29.2 Å². The number of benzene rings is 2. The Kier molecular flexibility index (Phi) is 7.63. The molecule has 2 fully saturated rings. The van der Waals surface area contributed by atoms with Crippen LogP contribution in [0.2, 0.25) is 0 Å². The number of anilines is 1. The number of hydrogen-bond acceptors (Lipinski definition) is 4. The van der Waals surface area contributed by atoms with Crippen LogP contribution in [-0.4, -0.2) is 44.3 Å². The van der Waals surface area contributed by atoms with E-state index in [2.05, 4.69) is 10.0 Å². The van der Waals surface area contributed by atoms with Crippen molar-refractivity contribution in [1.82, 2.24) is 9.62 Å². The maximum Gasteiger partial charge on any atom is 0.240 e. The molecule has 4 rings (SSSR count). The van der Waals surface area contributed by atoms with Gasteiger partial charge in [-0.3, -0.25) is 9.59 Å². The Morgan fingerprint density at radius 1 is 1.00 bits per heavy atom. The summed E-state index contributed by atoms with van der Waals surface area (Å²) in [7, 11) is -3.60. The van der Waals surface area contributed by atoms with Crippen LogP contribution in [0.4, 0.5) is 10.1 Å². The molecule has 2 aromatic rings. The molecule has 2 amide bonds. The van der Waals surface area contributed by atoms with E-state index >= 15 is 0 Å². The Labute approximate surface area is 199 Å². The molecule has 1 atom stereocenters. The van der Waals surface area contributed by atoms with Crippen LogP contribution in [0, 0.1) is 11.7 Å². The molecule has 7 nitrogen and oxygen atoms in total. The zero-order valence-corrected chi connectivity index (χ0v) is 19.8. The second kappa shape index (κ2) is 10.7. The number of rotatable bonds is 8. The van der Waals surface area contributed by atoms with Crippen LogP contribution < -0.4 is 10.0 Å². The number of amides is 2. The maximum absolute atomic E-state index is 13.0. The van der Waals surface area contributed by atoms with Crippen molar-refractivity contribution in [2.45, 2.75) is 55.9 Å². The molecule has 1 saturated heterocycles. The lowest BCUT2D eigenvalue weighted by Crippen LogP contribution is -2.36. The standard InChI is InChI=1S/C25H30FN3O4S/c26-20-8-6-18(7-9-20)14-15-29-17-19(16-24(29)30)25(31)27-21-10-12-23(13-11-21)34(32,33)28-22-4-2-1-3-5-22/h6-13,19,22,28H,1-5,14-17H2,(H,27,31)/t19-/m0/s1. The number of nitrogens with one attached hydrogen (secondary N) is 2. The van der Waals surface area contributed by atoms with Gasteiger partial charge in [0.15, 0.2) is 0 Å². The Hall–Kier alpha value is -2.78. The third-order valence-electron chi connectivity index (χ3n) is 6.53. The van der Waals surface area contributed by atoms with Gasteiger partial charge in [-0.1, -0.05) is 31.4 Å². The van der Waals surface area contributed by atoms with Crippen molar-refractivity contribution < 1.29 is 22.4 Å². The third kappa shape index (κ3) is 6.21. The summed E-state index contributed by atoms with van der Waals surface area (Å²) < 4.78 is 41.1. The molecule has 0 spiro atoms. The van der Waals surface area contributed by atoms with Gasteiger partial charge in [0.2, 0.25) is 21.8 Å². The van der Waals surface area contributed by atoms with E-state index in [-0.39, 0.29) is 35.0 Å². The average Bonchev–Trinajstić information content (AvgIpc) is 3.20. The SMILES string of the molecule is O=C(Nc1ccc(S(=O)(=O)NC2CCCCC2)cc1)[C@H]1CC(=O)N(CCc2ccc(F)cc2)C1. The van der Waals surface area contributed by atoms with Gasteiger partial charge in [0.25, 0.3) is 0 Å². The molecular weight excluding hydrogens is 457 g/mol. The lowest BCUT2D eigenvalue weighted by molar-refractivity contribution is -0.128. The molecule has 9 heteroatoms. The number of nitrogens with zero attached hydrogens (tertiary/aromatic N) is 1. The van der Waals surface area contributed by atoms with Crippen molar-refractivity contribution in [2.75, 3.05) is 18.4 Å². The first-order valence-corrected chi connectivity index (χ1v) is 13.2. The zero-order chi connectivity index (χ0) is 24.1. The van der Waals surface area contributed by atoms with Crippen LogP contribution in [0.1, 0.15) is 44.1 Å². The third-order valence-corrected chi connectivity index (χ3v) is 8.06. The lowest BCUT2D eigenvalue weighted by atomic mass is 9.96. The van der Waals surface area contributed by atoms with E-state index in [1.165, 1.54) is 24.3 Å². The molecule has 2 N–H and O–H groups in total. The van der Waals surface area contributed by atoms with E-state index in [9.17, 15) is 22.4 Å². The lowest BCUT2D eigenvalue weighted by Gasteiger charge is -2.22. The molecule has 34 heavy (non-hydrogen) atoms. The summed E-state index contributed by atoms with van der Waals surface area (Å²) in [5, 5.41) is 2.79. The number of halogens is 1. The van der Waals surface area contributed by atoms with E-state index in [0.29, 0.717) is 25.2 Å². The van der Waals surface area contributed by atoms with Crippen molar-refractivity contribution in [2.24, 2.45) is 5.92 Å². The van der Waals surface area contributed by atoms with Gasteiger partial charge >= 0.3 is 0 Å². The molecule has 0 radical (unpaired) electrons. The van der Waals surface area contributed by atoms with Crippen molar-refractivity contribution in [3.8, 4) is 0 Å². The molecule has 2 aliphatic rings. The number of likely N-dealkylation sites (tertiary alicyclic amines) is 1. The second-order valence-electron chi connectivity index (χ2n) is 9.09. The predicted molar refractivity (Wildman–Crippen MR) is 127 cm³/mol. The van der Waals surface area contributed by atoms with Crippen LogP contribution in [0.5, 0.6) is 0 Å². The Bertz CT molecular complexity index is 1110. The molecule has 1 aliphatic carbocycles.